The van der Waals surface area contributed by atoms with Crippen molar-refractivity contribution in [1.29, 1.82) is 0 Å². The topological polar surface area (TPSA) is 38.5 Å². The minimum absolute atomic E-state index is 0.280. The highest BCUT2D eigenvalue weighted by atomic mass is 35.5. The largest absolute Gasteiger partial charge is 0.492 e. The van der Waals surface area contributed by atoms with Gasteiger partial charge in [-0.3, -0.25) is 0 Å². The molecule has 0 aromatic heterocycles. The molecule has 0 radical (unpaired) electrons. The lowest BCUT2D eigenvalue weighted by atomic mass is 9.95. The first kappa shape index (κ1) is 16.7. The number of hydrogen-bond donors (Lipinski definition) is 1. The quantitative estimate of drug-likeness (QED) is 0.841. The number of ether oxygens (including phenoxy) is 1. The van der Waals surface area contributed by atoms with E-state index in [9.17, 15) is 0 Å². The molecule has 0 aliphatic carbocycles. The van der Waals surface area contributed by atoms with Gasteiger partial charge in [0.2, 0.25) is 0 Å². The molecular formula is C18H23ClN2O. The van der Waals surface area contributed by atoms with E-state index in [1.165, 1.54) is 11.3 Å². The lowest BCUT2D eigenvalue weighted by Gasteiger charge is -2.19. The van der Waals surface area contributed by atoms with E-state index in [2.05, 4.69) is 29.2 Å². The molecule has 0 amide bonds. The van der Waals surface area contributed by atoms with Gasteiger partial charge in [0.25, 0.3) is 0 Å². The summed E-state index contributed by atoms with van der Waals surface area (Å²) < 4.78 is 5.77. The van der Waals surface area contributed by atoms with Gasteiger partial charge >= 0.3 is 0 Å². The second-order valence-corrected chi connectivity index (χ2v) is 5.90. The Balaban J connectivity index is 1.98. The zero-order chi connectivity index (χ0) is 15.9. The average molecular weight is 319 g/mol. The van der Waals surface area contributed by atoms with Crippen LogP contribution in [0.2, 0.25) is 5.02 Å². The fourth-order valence-corrected chi connectivity index (χ4v) is 2.54. The standard InChI is InChI=1S/C18H23ClN2O/c1-21(2)16-7-5-6-14(12-16)15(13-20)10-11-22-18-9-4-3-8-17(18)19/h3-9,12,15H,10-11,13,20H2,1-2H3. The molecule has 0 fully saturated rings. The first-order valence-corrected chi connectivity index (χ1v) is 7.84. The van der Waals surface area contributed by atoms with Gasteiger partial charge < -0.3 is 15.4 Å². The van der Waals surface area contributed by atoms with Crippen LogP contribution in [0.5, 0.6) is 5.75 Å². The van der Waals surface area contributed by atoms with Gasteiger partial charge in [-0.05, 0) is 48.7 Å². The van der Waals surface area contributed by atoms with Crippen LogP contribution in [0, 0.1) is 0 Å². The monoisotopic (exact) mass is 318 g/mol. The molecule has 1 atom stereocenters. The minimum atomic E-state index is 0.280. The molecule has 2 rings (SSSR count). The van der Waals surface area contributed by atoms with Crippen LogP contribution in [0.25, 0.3) is 0 Å². The first-order valence-electron chi connectivity index (χ1n) is 7.46. The van der Waals surface area contributed by atoms with Crippen molar-refractivity contribution >= 4 is 17.3 Å². The summed E-state index contributed by atoms with van der Waals surface area (Å²) in [5.74, 6) is 1.00. The summed E-state index contributed by atoms with van der Waals surface area (Å²) in [5.41, 5.74) is 8.38. The maximum Gasteiger partial charge on any atom is 0.137 e. The van der Waals surface area contributed by atoms with E-state index in [4.69, 9.17) is 22.1 Å². The van der Waals surface area contributed by atoms with Crippen LogP contribution in [0.15, 0.2) is 48.5 Å². The van der Waals surface area contributed by atoms with Gasteiger partial charge in [0, 0.05) is 19.8 Å². The van der Waals surface area contributed by atoms with Crippen molar-refractivity contribution in [3.8, 4) is 5.75 Å². The van der Waals surface area contributed by atoms with E-state index in [0.29, 0.717) is 18.2 Å². The molecule has 0 aliphatic heterocycles. The van der Waals surface area contributed by atoms with Crippen LogP contribution in [-0.4, -0.2) is 27.2 Å². The van der Waals surface area contributed by atoms with Crippen LogP contribution < -0.4 is 15.4 Å². The van der Waals surface area contributed by atoms with Crippen molar-refractivity contribution < 1.29 is 4.74 Å². The minimum Gasteiger partial charge on any atom is -0.492 e. The van der Waals surface area contributed by atoms with Gasteiger partial charge in [-0.2, -0.15) is 0 Å². The molecule has 3 nitrogen and oxygen atoms in total. The van der Waals surface area contributed by atoms with Gasteiger partial charge in [0.05, 0.1) is 11.6 Å². The third-order valence-corrected chi connectivity index (χ3v) is 4.02. The van der Waals surface area contributed by atoms with Crippen LogP contribution in [0.3, 0.4) is 0 Å². The molecule has 0 bridgehead atoms. The third-order valence-electron chi connectivity index (χ3n) is 3.70. The third kappa shape index (κ3) is 4.39. The molecule has 0 heterocycles. The number of benzene rings is 2. The van der Waals surface area contributed by atoms with E-state index in [1.54, 1.807) is 0 Å². The first-order chi connectivity index (χ1) is 10.6. The average Bonchev–Trinajstić information content (AvgIpc) is 2.53. The normalized spacial score (nSPS) is 12.0. The Kier molecular flexibility index (Phi) is 6.10. The fraction of sp³-hybridized carbons (Fsp3) is 0.333. The molecule has 0 saturated heterocycles. The molecule has 22 heavy (non-hydrogen) atoms. The van der Waals surface area contributed by atoms with Crippen molar-refractivity contribution in [2.45, 2.75) is 12.3 Å². The van der Waals surface area contributed by atoms with Crippen molar-refractivity contribution in [2.75, 3.05) is 32.1 Å². The van der Waals surface area contributed by atoms with E-state index < -0.39 is 0 Å². The number of hydrogen-bond acceptors (Lipinski definition) is 3. The molecule has 2 aromatic carbocycles. The predicted octanol–water partition coefficient (Wildman–Crippen LogP) is 3.92. The molecule has 2 N–H and O–H groups in total. The summed E-state index contributed by atoms with van der Waals surface area (Å²) in [6, 6.07) is 16.0. The van der Waals surface area contributed by atoms with Crippen molar-refractivity contribution in [2.24, 2.45) is 5.73 Å². The van der Waals surface area contributed by atoms with Crippen LogP contribution in [0.1, 0.15) is 17.9 Å². The molecular weight excluding hydrogens is 296 g/mol. The summed E-state index contributed by atoms with van der Waals surface area (Å²) >= 11 is 6.09. The SMILES string of the molecule is CN(C)c1cccc(C(CN)CCOc2ccccc2Cl)c1. The maximum absolute atomic E-state index is 6.09. The van der Waals surface area contributed by atoms with Crippen molar-refractivity contribution in [3.05, 3.63) is 59.1 Å². The van der Waals surface area contributed by atoms with E-state index >= 15 is 0 Å². The smallest absolute Gasteiger partial charge is 0.137 e. The molecule has 1 unspecified atom stereocenters. The molecule has 0 saturated carbocycles. The van der Waals surface area contributed by atoms with E-state index in [-0.39, 0.29) is 5.92 Å². The Morgan fingerprint density at radius 1 is 1.14 bits per heavy atom. The molecule has 118 valence electrons. The summed E-state index contributed by atoms with van der Waals surface area (Å²) in [7, 11) is 4.08. The number of nitrogens with zero attached hydrogens (tertiary/aromatic N) is 1. The second kappa shape index (κ2) is 8.06. The van der Waals surface area contributed by atoms with Gasteiger partial charge in [-0.25, -0.2) is 0 Å². The highest BCUT2D eigenvalue weighted by molar-refractivity contribution is 6.32. The molecule has 0 spiro atoms. The maximum atomic E-state index is 6.09. The van der Waals surface area contributed by atoms with Gasteiger partial charge in [-0.15, -0.1) is 0 Å². The Bertz CT molecular complexity index is 601. The number of nitrogens with two attached hydrogens (primary N) is 1. The predicted molar refractivity (Wildman–Crippen MR) is 94.1 cm³/mol. The van der Waals surface area contributed by atoms with Crippen LogP contribution >= 0.6 is 11.6 Å². The number of para-hydroxylation sites is 1. The zero-order valence-electron chi connectivity index (χ0n) is 13.1. The van der Waals surface area contributed by atoms with Crippen LogP contribution in [0.4, 0.5) is 5.69 Å². The van der Waals surface area contributed by atoms with Crippen molar-refractivity contribution in [3.63, 3.8) is 0 Å². The summed E-state index contributed by atoms with van der Waals surface area (Å²) in [4.78, 5) is 2.09. The summed E-state index contributed by atoms with van der Waals surface area (Å²) in [6.45, 7) is 1.19. The highest BCUT2D eigenvalue weighted by Crippen LogP contribution is 2.26. The number of rotatable bonds is 7. The summed E-state index contributed by atoms with van der Waals surface area (Å²) in [5, 5.41) is 0.640. The van der Waals surface area contributed by atoms with Crippen molar-refractivity contribution in [1.82, 2.24) is 0 Å². The van der Waals surface area contributed by atoms with Gasteiger partial charge in [0.1, 0.15) is 5.75 Å². The number of anilines is 1. The van der Waals surface area contributed by atoms with Crippen LogP contribution in [-0.2, 0) is 0 Å². The summed E-state index contributed by atoms with van der Waals surface area (Å²) in [6.07, 6.45) is 0.860. The van der Waals surface area contributed by atoms with E-state index in [1.807, 2.05) is 38.4 Å². The second-order valence-electron chi connectivity index (χ2n) is 5.49. The Morgan fingerprint density at radius 2 is 1.91 bits per heavy atom. The lowest BCUT2D eigenvalue weighted by molar-refractivity contribution is 0.298. The molecule has 4 heteroatoms. The van der Waals surface area contributed by atoms with E-state index in [0.717, 1.165) is 12.2 Å². The zero-order valence-corrected chi connectivity index (χ0v) is 13.9. The molecule has 0 aliphatic rings. The van der Waals surface area contributed by atoms with Gasteiger partial charge in [-0.1, -0.05) is 35.9 Å². The lowest BCUT2D eigenvalue weighted by Crippen LogP contribution is -2.16. The highest BCUT2D eigenvalue weighted by Gasteiger charge is 2.11. The van der Waals surface area contributed by atoms with Gasteiger partial charge in [0.15, 0.2) is 0 Å². The Labute approximate surface area is 137 Å². The Morgan fingerprint density at radius 3 is 2.59 bits per heavy atom. The molecule has 2 aromatic rings. The Hall–Kier alpha value is -1.71. The number of halogens is 1. The fourth-order valence-electron chi connectivity index (χ4n) is 2.35.